The third-order valence-electron chi connectivity index (χ3n) is 3.68. The van der Waals surface area contributed by atoms with E-state index in [4.69, 9.17) is 17.2 Å². The van der Waals surface area contributed by atoms with Crippen molar-refractivity contribution in [1.82, 2.24) is 0 Å². The quantitative estimate of drug-likeness (QED) is 0.495. The number of amides is 1. The molecule has 0 aliphatic heterocycles. The van der Waals surface area contributed by atoms with Gasteiger partial charge in [-0.15, -0.1) is 0 Å². The fourth-order valence-electron chi connectivity index (χ4n) is 2.57. The highest BCUT2D eigenvalue weighted by Gasteiger charge is 2.22. The number of hydrogen-bond donors (Lipinski definition) is 4. The first-order valence-electron chi connectivity index (χ1n) is 7.31. The summed E-state index contributed by atoms with van der Waals surface area (Å²) in [7, 11) is 0. The molecule has 1 fully saturated rings. The Bertz CT molecular complexity index is 612. The second kappa shape index (κ2) is 6.93. The molecule has 0 bridgehead atoms. The van der Waals surface area contributed by atoms with Crippen LogP contribution in [0.5, 0.6) is 0 Å². The second-order valence-corrected chi connectivity index (χ2v) is 5.48. The molecule has 1 aliphatic rings. The zero-order valence-electron chi connectivity index (χ0n) is 12.7. The van der Waals surface area contributed by atoms with Crippen molar-refractivity contribution in [3.63, 3.8) is 0 Å². The molecule has 0 radical (unpaired) electrons. The summed E-state index contributed by atoms with van der Waals surface area (Å²) in [6.45, 7) is 1.90. The van der Waals surface area contributed by atoms with Gasteiger partial charge in [-0.1, -0.05) is 12.8 Å². The van der Waals surface area contributed by atoms with Crippen LogP contribution >= 0.6 is 0 Å². The van der Waals surface area contributed by atoms with Crippen LogP contribution in [0, 0.1) is 12.8 Å². The molecule has 1 aromatic rings. The summed E-state index contributed by atoms with van der Waals surface area (Å²) in [6.07, 6.45) is 4.22. The largest absolute Gasteiger partial charge is 0.370 e. The molecule has 7 heteroatoms. The summed E-state index contributed by atoms with van der Waals surface area (Å²) in [5.74, 6) is 0.0760. The Balaban J connectivity index is 2.09. The molecule has 0 unspecified atom stereocenters. The lowest BCUT2D eigenvalue weighted by molar-refractivity contribution is -0.119. The number of rotatable bonds is 3. The van der Waals surface area contributed by atoms with Crippen molar-refractivity contribution in [2.24, 2.45) is 33.1 Å². The van der Waals surface area contributed by atoms with Gasteiger partial charge in [0, 0.05) is 11.6 Å². The minimum atomic E-state index is -0.140. The van der Waals surface area contributed by atoms with Crippen molar-refractivity contribution in [3.05, 3.63) is 23.8 Å². The first kappa shape index (κ1) is 15.8. The normalized spacial score (nSPS) is 15.6. The highest BCUT2D eigenvalue weighted by atomic mass is 16.1. The SMILES string of the molecule is Cc1cc(N=C(N)N=C(N)N)ccc1NC(=O)C1CCCC1. The number of hydrogen-bond acceptors (Lipinski definition) is 2. The Labute approximate surface area is 129 Å². The number of nitrogens with zero attached hydrogens (tertiary/aromatic N) is 2. The highest BCUT2D eigenvalue weighted by molar-refractivity contribution is 5.95. The van der Waals surface area contributed by atoms with Crippen LogP contribution in [-0.2, 0) is 4.79 Å². The van der Waals surface area contributed by atoms with Crippen molar-refractivity contribution in [2.75, 3.05) is 5.32 Å². The number of benzene rings is 1. The van der Waals surface area contributed by atoms with Gasteiger partial charge in [0.2, 0.25) is 11.9 Å². The fourth-order valence-corrected chi connectivity index (χ4v) is 2.57. The van der Waals surface area contributed by atoms with Gasteiger partial charge in [0.1, 0.15) is 0 Å². The van der Waals surface area contributed by atoms with Gasteiger partial charge in [-0.05, 0) is 43.5 Å². The molecule has 1 amide bonds. The Kier molecular flexibility index (Phi) is 4.98. The van der Waals surface area contributed by atoms with E-state index in [0.717, 1.165) is 36.9 Å². The molecule has 22 heavy (non-hydrogen) atoms. The van der Waals surface area contributed by atoms with Gasteiger partial charge >= 0.3 is 0 Å². The van der Waals surface area contributed by atoms with Gasteiger partial charge in [0.25, 0.3) is 0 Å². The Morgan fingerprint density at radius 3 is 2.50 bits per heavy atom. The number of guanidine groups is 2. The van der Waals surface area contributed by atoms with Gasteiger partial charge in [-0.2, -0.15) is 4.99 Å². The first-order valence-corrected chi connectivity index (χ1v) is 7.31. The highest BCUT2D eigenvalue weighted by Crippen LogP contribution is 2.27. The molecule has 0 spiro atoms. The topological polar surface area (TPSA) is 132 Å². The number of carbonyl (C=O) groups is 1. The van der Waals surface area contributed by atoms with E-state index < -0.39 is 0 Å². The van der Waals surface area contributed by atoms with E-state index >= 15 is 0 Å². The van der Waals surface area contributed by atoms with E-state index in [2.05, 4.69) is 15.3 Å². The average molecular weight is 302 g/mol. The Morgan fingerprint density at radius 2 is 1.91 bits per heavy atom. The third kappa shape index (κ3) is 4.21. The molecule has 7 nitrogen and oxygen atoms in total. The minimum absolute atomic E-state index is 0.0119. The number of aliphatic imine (C=N–C) groups is 2. The van der Waals surface area contributed by atoms with Crippen LogP contribution in [0.3, 0.4) is 0 Å². The zero-order chi connectivity index (χ0) is 16.1. The molecule has 0 saturated heterocycles. The smallest absolute Gasteiger partial charge is 0.227 e. The monoisotopic (exact) mass is 302 g/mol. The summed E-state index contributed by atoms with van der Waals surface area (Å²) in [5, 5.41) is 2.98. The van der Waals surface area contributed by atoms with Crippen LogP contribution in [0.2, 0.25) is 0 Å². The Morgan fingerprint density at radius 1 is 1.23 bits per heavy atom. The lowest BCUT2D eigenvalue weighted by Crippen LogP contribution is -2.26. The van der Waals surface area contributed by atoms with E-state index in [1.54, 1.807) is 6.07 Å². The Hall–Kier alpha value is -2.57. The van der Waals surface area contributed by atoms with Crippen molar-refractivity contribution < 1.29 is 4.79 Å². The van der Waals surface area contributed by atoms with Gasteiger partial charge in [-0.25, -0.2) is 4.99 Å². The van der Waals surface area contributed by atoms with Gasteiger partial charge in [0.15, 0.2) is 5.96 Å². The number of nitrogens with two attached hydrogens (primary N) is 3. The molecular weight excluding hydrogens is 280 g/mol. The van der Waals surface area contributed by atoms with Crippen molar-refractivity contribution >= 4 is 29.2 Å². The summed E-state index contributed by atoms with van der Waals surface area (Å²) < 4.78 is 0. The summed E-state index contributed by atoms with van der Waals surface area (Å²) in [4.78, 5) is 19.9. The van der Waals surface area contributed by atoms with Crippen LogP contribution in [0.4, 0.5) is 11.4 Å². The van der Waals surface area contributed by atoms with Crippen LogP contribution in [0.15, 0.2) is 28.2 Å². The molecule has 0 atom stereocenters. The van der Waals surface area contributed by atoms with Gasteiger partial charge in [0.05, 0.1) is 5.69 Å². The van der Waals surface area contributed by atoms with E-state index in [1.807, 2.05) is 19.1 Å². The van der Waals surface area contributed by atoms with E-state index in [1.165, 1.54) is 0 Å². The zero-order valence-corrected chi connectivity index (χ0v) is 12.7. The van der Waals surface area contributed by atoms with Crippen LogP contribution in [-0.4, -0.2) is 17.8 Å². The van der Waals surface area contributed by atoms with Crippen molar-refractivity contribution in [2.45, 2.75) is 32.6 Å². The van der Waals surface area contributed by atoms with E-state index in [9.17, 15) is 4.79 Å². The molecule has 1 saturated carbocycles. The number of nitrogens with one attached hydrogen (secondary N) is 1. The molecular formula is C15H22N6O. The molecule has 0 heterocycles. The lowest BCUT2D eigenvalue weighted by Gasteiger charge is -2.12. The first-order chi connectivity index (χ1) is 10.5. The minimum Gasteiger partial charge on any atom is -0.370 e. The summed E-state index contributed by atoms with van der Waals surface area (Å²) in [6, 6.07) is 5.38. The molecule has 1 aromatic carbocycles. The van der Waals surface area contributed by atoms with Crippen LogP contribution in [0.25, 0.3) is 0 Å². The van der Waals surface area contributed by atoms with Crippen molar-refractivity contribution in [3.8, 4) is 0 Å². The maximum Gasteiger partial charge on any atom is 0.227 e. The summed E-state index contributed by atoms with van der Waals surface area (Å²) in [5.41, 5.74) is 18.4. The molecule has 0 aromatic heterocycles. The lowest BCUT2D eigenvalue weighted by atomic mass is 10.1. The predicted octanol–water partition coefficient (Wildman–Crippen LogP) is 1.34. The van der Waals surface area contributed by atoms with Gasteiger partial charge < -0.3 is 22.5 Å². The van der Waals surface area contributed by atoms with Crippen LogP contribution < -0.4 is 22.5 Å². The second-order valence-electron chi connectivity index (χ2n) is 5.48. The molecule has 118 valence electrons. The standard InChI is InChI=1S/C15H22N6O/c1-9-8-11(19-15(18)21-14(16)17)6-7-12(9)20-13(22)10-4-2-3-5-10/h6-8,10H,2-5H2,1H3,(H,20,22)(H6,16,17,18,19,21). The maximum absolute atomic E-state index is 12.1. The van der Waals surface area contributed by atoms with E-state index in [0.29, 0.717) is 5.69 Å². The molecule has 2 rings (SSSR count). The average Bonchev–Trinajstić information content (AvgIpc) is 2.94. The third-order valence-corrected chi connectivity index (χ3v) is 3.68. The fraction of sp³-hybridized carbons (Fsp3) is 0.400. The molecule has 7 N–H and O–H groups in total. The summed E-state index contributed by atoms with van der Waals surface area (Å²) >= 11 is 0. The number of anilines is 1. The van der Waals surface area contributed by atoms with E-state index in [-0.39, 0.29) is 23.7 Å². The number of aryl methyl sites for hydroxylation is 1. The van der Waals surface area contributed by atoms with Crippen molar-refractivity contribution in [1.29, 1.82) is 0 Å². The number of carbonyl (C=O) groups excluding carboxylic acids is 1. The maximum atomic E-state index is 12.1. The molecule has 1 aliphatic carbocycles. The van der Waals surface area contributed by atoms with Crippen LogP contribution in [0.1, 0.15) is 31.2 Å². The van der Waals surface area contributed by atoms with Gasteiger partial charge in [-0.3, -0.25) is 4.79 Å². The predicted molar refractivity (Wildman–Crippen MR) is 88.9 cm³/mol.